The summed E-state index contributed by atoms with van der Waals surface area (Å²) in [5, 5.41) is 16.0. The fourth-order valence-electron chi connectivity index (χ4n) is 10.8. The summed E-state index contributed by atoms with van der Waals surface area (Å²) in [5.41, 5.74) is 3.58. The lowest BCUT2D eigenvalue weighted by Gasteiger charge is -2.63. The molecular weight excluding hydrogens is 771 g/mol. The van der Waals surface area contributed by atoms with Crippen LogP contribution in [0, 0.1) is 28.1 Å². The zero-order chi connectivity index (χ0) is 42.6. The Morgan fingerprint density at radius 3 is 2.39 bits per heavy atom. The van der Waals surface area contributed by atoms with Gasteiger partial charge in [0, 0.05) is 105 Å². The van der Waals surface area contributed by atoms with Crippen molar-refractivity contribution in [2.75, 3.05) is 55.6 Å². The number of anilines is 2. The number of ether oxygens (including phenoxy) is 1. The minimum Gasteiger partial charge on any atom is -0.488 e. The molecule has 2 N–H and O–H groups in total. The number of carbonyl (C=O) groups excluding carboxylic acids is 4. The van der Waals surface area contributed by atoms with Crippen LogP contribution in [0.4, 0.5) is 11.5 Å². The van der Waals surface area contributed by atoms with Gasteiger partial charge in [0.25, 0.3) is 11.8 Å². The second-order valence-corrected chi connectivity index (χ2v) is 18.5. The number of nitrogens with one attached hydrogen (secondary N) is 2. The van der Waals surface area contributed by atoms with Crippen molar-refractivity contribution in [1.82, 2.24) is 30.4 Å². The molecule has 0 bridgehead atoms. The Hall–Kier alpha value is -6.07. The van der Waals surface area contributed by atoms with Crippen molar-refractivity contribution < 1.29 is 23.9 Å². The summed E-state index contributed by atoms with van der Waals surface area (Å²) >= 11 is 0. The minimum absolute atomic E-state index is 0.142. The quantitative estimate of drug-likeness (QED) is 0.221. The summed E-state index contributed by atoms with van der Waals surface area (Å²) in [7, 11) is 0. The average molecular weight is 824 g/mol. The molecule has 2 aromatic carbocycles. The van der Waals surface area contributed by atoms with E-state index in [1.807, 2.05) is 42.5 Å². The number of carbonyl (C=O) groups is 4. The molecule has 4 aromatic rings. The number of amides is 4. The van der Waals surface area contributed by atoms with E-state index in [-0.39, 0.29) is 53.0 Å². The second-order valence-electron chi connectivity index (χ2n) is 18.5. The Morgan fingerprint density at radius 1 is 0.918 bits per heavy atom. The van der Waals surface area contributed by atoms with Gasteiger partial charge >= 0.3 is 0 Å². The van der Waals surface area contributed by atoms with Gasteiger partial charge in [0.2, 0.25) is 11.8 Å². The molecule has 1 atom stereocenters. The van der Waals surface area contributed by atoms with E-state index in [0.717, 1.165) is 81.1 Å². The topological polar surface area (TPSA) is 164 Å². The predicted octanol–water partition coefficient (Wildman–Crippen LogP) is 4.91. The van der Waals surface area contributed by atoms with Crippen LogP contribution in [0.25, 0.3) is 10.9 Å². The standard InChI is InChI=1S/C47H53N9O5/c1-46(2)44(47(3,4)45(46)61-37-12-7-30(25-48)40-35(37)6-5-17-49-40)52-41(58)31-8-13-38(50-26-31)55-18-15-29(16-19-55)27-53-20-22-54(23-21-53)33-9-10-34-32(24-33)28-56(43(34)60)36-11-14-39(57)51-42(36)59/h5-10,12-13,17,24,26,29,36,44-45H,11,14-16,18-23,27-28H2,1-4H3,(H,52,58)(H,51,57,59). The van der Waals surface area contributed by atoms with Gasteiger partial charge in [-0.05, 0) is 85.3 Å². The fourth-order valence-corrected chi connectivity index (χ4v) is 10.8. The number of fused-ring (bicyclic) bond motifs is 2. The Morgan fingerprint density at radius 2 is 1.69 bits per heavy atom. The Kier molecular flexibility index (Phi) is 10.4. The maximum atomic E-state index is 13.6. The van der Waals surface area contributed by atoms with Gasteiger partial charge in [-0.3, -0.25) is 34.4 Å². The van der Waals surface area contributed by atoms with Crippen molar-refractivity contribution >= 4 is 46.0 Å². The van der Waals surface area contributed by atoms with Gasteiger partial charge in [-0.15, -0.1) is 0 Å². The number of hydrogen-bond acceptors (Lipinski definition) is 11. The SMILES string of the molecule is CC1(C)C(NC(=O)c2ccc(N3CCC(CN4CCN(c5ccc6c(c5)CN(C5CCC(=O)NC5=O)C6=O)CC4)CC3)nc2)C(C)(C)C1Oc1ccc(C#N)c2ncccc12. The van der Waals surface area contributed by atoms with Crippen molar-refractivity contribution in [1.29, 1.82) is 5.26 Å². The van der Waals surface area contributed by atoms with Gasteiger partial charge in [0.05, 0.1) is 16.6 Å². The van der Waals surface area contributed by atoms with Gasteiger partial charge in [0.15, 0.2) is 0 Å². The highest BCUT2D eigenvalue weighted by Crippen LogP contribution is 2.56. The van der Waals surface area contributed by atoms with Crippen molar-refractivity contribution in [2.24, 2.45) is 16.7 Å². The number of rotatable bonds is 9. The number of piperazine rings is 1. The van der Waals surface area contributed by atoms with Crippen LogP contribution in [-0.4, -0.2) is 107 Å². The predicted molar refractivity (Wildman–Crippen MR) is 230 cm³/mol. The molecule has 5 aliphatic rings. The Balaban J connectivity index is 0.733. The first kappa shape index (κ1) is 40.3. The third kappa shape index (κ3) is 7.43. The smallest absolute Gasteiger partial charge is 0.255 e. The normalized spacial score (nSPS) is 23.9. The van der Waals surface area contributed by atoms with Crippen LogP contribution in [0.5, 0.6) is 5.75 Å². The lowest BCUT2D eigenvalue weighted by Crippen LogP contribution is -2.74. The van der Waals surface area contributed by atoms with Crippen LogP contribution >= 0.6 is 0 Å². The number of aromatic nitrogens is 2. The van der Waals surface area contributed by atoms with E-state index >= 15 is 0 Å². The van der Waals surface area contributed by atoms with Gasteiger partial charge in [-0.1, -0.05) is 27.7 Å². The summed E-state index contributed by atoms with van der Waals surface area (Å²) in [6.07, 6.45) is 5.94. The molecular formula is C47H53N9O5. The zero-order valence-corrected chi connectivity index (χ0v) is 35.3. The highest BCUT2D eigenvalue weighted by Gasteiger charge is 2.64. The first-order chi connectivity index (χ1) is 29.3. The summed E-state index contributed by atoms with van der Waals surface area (Å²) in [5.74, 6) is 1.21. The van der Waals surface area contributed by atoms with Crippen molar-refractivity contribution in [2.45, 2.75) is 78.1 Å². The molecule has 3 saturated heterocycles. The maximum Gasteiger partial charge on any atom is 0.255 e. The van der Waals surface area contributed by atoms with Crippen molar-refractivity contribution in [3.63, 3.8) is 0 Å². The number of benzene rings is 2. The number of pyridine rings is 2. The van der Waals surface area contributed by atoms with Crippen LogP contribution < -0.4 is 25.2 Å². The van der Waals surface area contributed by atoms with Crippen LogP contribution in [-0.2, 0) is 16.1 Å². The molecule has 0 spiro atoms. The van der Waals surface area contributed by atoms with E-state index < -0.39 is 6.04 Å². The fraction of sp³-hybridized carbons (Fsp3) is 0.468. The third-order valence-corrected chi connectivity index (χ3v) is 13.9. The number of piperidine rings is 2. The monoisotopic (exact) mass is 823 g/mol. The number of imide groups is 1. The first-order valence-corrected chi connectivity index (χ1v) is 21.5. The molecule has 4 fully saturated rings. The molecule has 1 unspecified atom stereocenters. The summed E-state index contributed by atoms with van der Waals surface area (Å²) in [6, 6.07) is 18.7. The lowest BCUT2D eigenvalue weighted by molar-refractivity contribution is -0.163. The highest BCUT2D eigenvalue weighted by molar-refractivity contribution is 6.05. The van der Waals surface area contributed by atoms with E-state index in [1.54, 1.807) is 23.4 Å². The van der Waals surface area contributed by atoms with Crippen LogP contribution in [0.2, 0.25) is 0 Å². The summed E-state index contributed by atoms with van der Waals surface area (Å²) < 4.78 is 6.65. The van der Waals surface area contributed by atoms with Crippen LogP contribution in [0.1, 0.15) is 85.2 Å². The molecule has 61 heavy (non-hydrogen) atoms. The zero-order valence-electron chi connectivity index (χ0n) is 35.3. The van der Waals surface area contributed by atoms with E-state index in [9.17, 15) is 24.4 Å². The van der Waals surface area contributed by atoms with Gasteiger partial charge in [-0.2, -0.15) is 5.26 Å². The van der Waals surface area contributed by atoms with E-state index in [2.05, 4.69) is 70.1 Å². The lowest BCUT2D eigenvalue weighted by atomic mass is 9.49. The van der Waals surface area contributed by atoms with Crippen LogP contribution in [0.15, 0.2) is 67.0 Å². The molecule has 1 saturated carbocycles. The van der Waals surface area contributed by atoms with Gasteiger partial charge < -0.3 is 24.8 Å². The van der Waals surface area contributed by atoms with E-state index in [0.29, 0.717) is 46.8 Å². The summed E-state index contributed by atoms with van der Waals surface area (Å²) in [4.78, 5) is 68.9. The summed E-state index contributed by atoms with van der Waals surface area (Å²) in [6.45, 7) is 15.5. The van der Waals surface area contributed by atoms with Crippen molar-refractivity contribution in [3.8, 4) is 11.8 Å². The average Bonchev–Trinajstić information content (AvgIpc) is 3.59. The molecule has 0 radical (unpaired) electrons. The first-order valence-electron chi connectivity index (χ1n) is 21.5. The highest BCUT2D eigenvalue weighted by atomic mass is 16.5. The van der Waals surface area contributed by atoms with E-state index in [4.69, 9.17) is 9.72 Å². The maximum absolute atomic E-state index is 13.6. The Labute approximate surface area is 356 Å². The van der Waals surface area contributed by atoms with Crippen molar-refractivity contribution in [3.05, 3.63) is 89.2 Å². The molecule has 14 heteroatoms. The minimum atomic E-state index is -0.606. The van der Waals surface area contributed by atoms with Gasteiger partial charge in [-0.25, -0.2) is 4.98 Å². The van der Waals surface area contributed by atoms with E-state index in [1.165, 1.54) is 0 Å². The molecule has 4 amide bonds. The number of nitriles is 1. The number of hydrogen-bond donors (Lipinski definition) is 2. The largest absolute Gasteiger partial charge is 0.488 e. The molecule has 6 heterocycles. The molecule has 14 nitrogen and oxygen atoms in total. The second kappa shape index (κ2) is 15.8. The Bertz CT molecular complexity index is 2410. The molecule has 9 rings (SSSR count). The molecule has 2 aromatic heterocycles. The molecule has 316 valence electrons. The number of nitrogens with zero attached hydrogens (tertiary/aromatic N) is 7. The van der Waals surface area contributed by atoms with Gasteiger partial charge in [0.1, 0.15) is 29.8 Å². The third-order valence-electron chi connectivity index (χ3n) is 13.9. The molecule has 1 aliphatic carbocycles. The molecule has 4 aliphatic heterocycles. The van der Waals surface area contributed by atoms with Crippen LogP contribution in [0.3, 0.4) is 0 Å².